The summed E-state index contributed by atoms with van der Waals surface area (Å²) < 4.78 is 5.44. The third-order valence-corrected chi connectivity index (χ3v) is 7.32. The molecule has 0 N–H and O–H groups in total. The van der Waals surface area contributed by atoms with Crippen molar-refractivity contribution in [3.63, 3.8) is 0 Å². The normalized spacial score (nSPS) is 17.1. The van der Waals surface area contributed by atoms with Crippen molar-refractivity contribution < 1.29 is 14.3 Å². The van der Waals surface area contributed by atoms with Crippen LogP contribution < -0.4 is 0 Å². The van der Waals surface area contributed by atoms with E-state index < -0.39 is 6.04 Å². The highest BCUT2D eigenvalue weighted by atomic mass is 32.2. The van der Waals surface area contributed by atoms with Gasteiger partial charge in [-0.05, 0) is 41.9 Å². The van der Waals surface area contributed by atoms with Gasteiger partial charge in [-0.1, -0.05) is 80.2 Å². The second-order valence-corrected chi connectivity index (χ2v) is 10.2. The maximum Gasteiger partial charge on any atom is 0.338 e. The Morgan fingerprint density at radius 3 is 2.44 bits per heavy atom. The van der Waals surface area contributed by atoms with Crippen LogP contribution in [0.4, 0.5) is 0 Å². The number of hydrogen-bond donors (Lipinski definition) is 0. The van der Waals surface area contributed by atoms with Gasteiger partial charge in [-0.25, -0.2) is 9.79 Å². The maximum atomic E-state index is 13.2. The first-order valence-corrected chi connectivity index (χ1v) is 13.2. The van der Waals surface area contributed by atoms with E-state index in [1.54, 1.807) is 11.8 Å². The summed E-state index contributed by atoms with van der Waals surface area (Å²) in [5, 5.41) is 2.75. The summed E-state index contributed by atoms with van der Waals surface area (Å²) in [6, 6.07) is 17.9. The summed E-state index contributed by atoms with van der Waals surface area (Å²) in [6.45, 7) is 8.78. The van der Waals surface area contributed by atoms with Crippen LogP contribution in [0.5, 0.6) is 0 Å². The van der Waals surface area contributed by atoms with Gasteiger partial charge >= 0.3 is 5.97 Å². The largest absolute Gasteiger partial charge is 0.463 e. The average Bonchev–Trinajstić information content (AvgIpc) is 3.25. The van der Waals surface area contributed by atoms with Gasteiger partial charge < -0.3 is 14.5 Å². The molecule has 6 nitrogen and oxygen atoms in total. The number of aliphatic imine (C=N–C) groups is 1. The molecular weight excluding hydrogens is 470 g/mol. The fraction of sp³-hybridized carbons (Fsp3) is 0.345. The van der Waals surface area contributed by atoms with Crippen LogP contribution in [-0.4, -0.2) is 40.5 Å². The molecule has 2 aliphatic rings. The Morgan fingerprint density at radius 1 is 1.11 bits per heavy atom. The zero-order valence-corrected chi connectivity index (χ0v) is 22.3. The Hall–Kier alpha value is -3.32. The van der Waals surface area contributed by atoms with Crippen molar-refractivity contribution in [3.8, 4) is 0 Å². The zero-order valence-electron chi connectivity index (χ0n) is 21.5. The van der Waals surface area contributed by atoms with Crippen molar-refractivity contribution in [1.29, 1.82) is 0 Å². The third kappa shape index (κ3) is 5.41. The van der Waals surface area contributed by atoms with E-state index in [9.17, 15) is 9.59 Å². The number of rotatable bonds is 8. The van der Waals surface area contributed by atoms with Gasteiger partial charge in [-0.2, -0.15) is 0 Å². The molecule has 0 saturated heterocycles. The van der Waals surface area contributed by atoms with E-state index in [0.717, 1.165) is 22.0 Å². The smallest absolute Gasteiger partial charge is 0.338 e. The maximum absolute atomic E-state index is 13.2. The molecule has 0 aromatic heterocycles. The summed E-state index contributed by atoms with van der Waals surface area (Å²) in [6.07, 6.45) is 0.213. The molecular formula is C29H33N3O3S. The van der Waals surface area contributed by atoms with E-state index in [-0.39, 0.29) is 24.9 Å². The number of esters is 1. The Bertz CT molecular complexity index is 1220. The number of thioether (sulfide) groups is 1. The Labute approximate surface area is 217 Å². The first-order chi connectivity index (χ1) is 17.3. The number of carbonyl (C=O) groups excluding carboxylic acids is 2. The van der Waals surface area contributed by atoms with Crippen LogP contribution in [0.15, 0.2) is 82.0 Å². The van der Waals surface area contributed by atoms with Gasteiger partial charge in [0.2, 0.25) is 5.91 Å². The lowest BCUT2D eigenvalue weighted by Gasteiger charge is -2.36. The molecule has 36 heavy (non-hydrogen) atoms. The molecule has 0 aliphatic carbocycles. The lowest BCUT2D eigenvalue weighted by atomic mass is 9.92. The molecule has 0 spiro atoms. The lowest BCUT2D eigenvalue weighted by molar-refractivity contribution is -0.139. The molecule has 188 valence electrons. The highest BCUT2D eigenvalue weighted by molar-refractivity contribution is 8.16. The van der Waals surface area contributed by atoms with E-state index in [0.29, 0.717) is 23.7 Å². The average molecular weight is 504 g/mol. The van der Waals surface area contributed by atoms with Crippen LogP contribution in [0.2, 0.25) is 0 Å². The minimum atomic E-state index is -0.411. The number of benzene rings is 2. The lowest BCUT2D eigenvalue weighted by Crippen LogP contribution is -2.38. The second kappa shape index (κ2) is 11.2. The van der Waals surface area contributed by atoms with E-state index >= 15 is 0 Å². The van der Waals surface area contributed by atoms with Crippen molar-refractivity contribution in [2.45, 2.75) is 52.6 Å². The van der Waals surface area contributed by atoms with E-state index in [2.05, 4.69) is 38.1 Å². The first kappa shape index (κ1) is 25.8. The molecule has 1 amide bonds. The first-order valence-electron chi connectivity index (χ1n) is 12.3. The molecule has 2 heterocycles. The Kier molecular flexibility index (Phi) is 7.99. The van der Waals surface area contributed by atoms with Gasteiger partial charge in [0.1, 0.15) is 0 Å². The number of amidine groups is 1. The van der Waals surface area contributed by atoms with Crippen molar-refractivity contribution in [2.24, 2.45) is 4.99 Å². The fourth-order valence-corrected chi connectivity index (χ4v) is 5.42. The highest BCUT2D eigenvalue weighted by Gasteiger charge is 2.41. The number of nitrogens with zero attached hydrogens (tertiary/aromatic N) is 3. The number of fused-ring (bicyclic) bond motifs is 1. The topological polar surface area (TPSA) is 62.2 Å². The predicted molar refractivity (Wildman–Crippen MR) is 145 cm³/mol. The molecule has 7 heteroatoms. The number of ether oxygens (including phenoxy) is 1. The second-order valence-electron chi connectivity index (χ2n) is 9.35. The summed E-state index contributed by atoms with van der Waals surface area (Å²) in [4.78, 5) is 34.8. The van der Waals surface area contributed by atoms with Gasteiger partial charge in [-0.15, -0.1) is 0 Å². The standard InChI is InChI=1S/C29H33N3O3S/c1-6-35-28(34)26-20(4)30-29-32(27(26)23-14-12-22(13-15-23)19(2)3)24(18-36-29)16-25(33)31(5)17-21-10-8-7-9-11-21/h7-15,18-19,27H,6,16-17H2,1-5H3. The van der Waals surface area contributed by atoms with Crippen molar-refractivity contribution >= 4 is 28.8 Å². The monoisotopic (exact) mass is 503 g/mol. The molecule has 0 saturated carbocycles. The molecule has 2 aromatic rings. The number of amides is 1. The minimum absolute atomic E-state index is 0.00446. The quantitative estimate of drug-likeness (QED) is 0.414. The molecule has 1 atom stereocenters. The Morgan fingerprint density at radius 2 is 1.81 bits per heavy atom. The SMILES string of the molecule is CCOC(=O)C1=C(C)N=C2SC=C(CC(=O)N(C)Cc3ccccc3)N2C1c1ccc(C(C)C)cc1. The molecule has 2 aliphatic heterocycles. The number of hydrogen-bond acceptors (Lipinski definition) is 6. The van der Waals surface area contributed by atoms with Crippen LogP contribution in [0, 0.1) is 0 Å². The van der Waals surface area contributed by atoms with E-state index in [4.69, 9.17) is 9.73 Å². The van der Waals surface area contributed by atoms with Crippen molar-refractivity contribution in [2.75, 3.05) is 13.7 Å². The number of allylic oxidation sites excluding steroid dienone is 1. The fourth-order valence-electron chi connectivity index (χ4n) is 4.45. The molecule has 0 bridgehead atoms. The van der Waals surface area contributed by atoms with E-state index in [1.165, 1.54) is 17.3 Å². The van der Waals surface area contributed by atoms with Gasteiger partial charge in [0.05, 0.1) is 30.3 Å². The number of carbonyl (C=O) groups is 2. The summed E-state index contributed by atoms with van der Waals surface area (Å²) in [5.41, 5.74) is 5.26. The zero-order chi connectivity index (χ0) is 25.8. The predicted octanol–water partition coefficient (Wildman–Crippen LogP) is 6.00. The van der Waals surface area contributed by atoms with Crippen LogP contribution in [-0.2, 0) is 20.9 Å². The highest BCUT2D eigenvalue weighted by Crippen LogP contribution is 2.45. The van der Waals surface area contributed by atoms with Crippen molar-refractivity contribution in [1.82, 2.24) is 9.80 Å². The van der Waals surface area contributed by atoms with Crippen molar-refractivity contribution in [3.05, 3.63) is 93.7 Å². The van der Waals surface area contributed by atoms with Crippen LogP contribution in [0.25, 0.3) is 0 Å². The summed E-state index contributed by atoms with van der Waals surface area (Å²) in [7, 11) is 1.82. The molecule has 0 radical (unpaired) electrons. The van der Waals surface area contributed by atoms with Gasteiger partial charge in [0, 0.05) is 19.3 Å². The minimum Gasteiger partial charge on any atom is -0.463 e. The van der Waals surface area contributed by atoms with Crippen LogP contribution >= 0.6 is 11.8 Å². The van der Waals surface area contributed by atoms with Crippen LogP contribution in [0.1, 0.15) is 62.8 Å². The van der Waals surface area contributed by atoms with Crippen LogP contribution in [0.3, 0.4) is 0 Å². The molecule has 0 fully saturated rings. The molecule has 2 aromatic carbocycles. The van der Waals surface area contributed by atoms with Gasteiger partial charge in [0.25, 0.3) is 0 Å². The summed E-state index contributed by atoms with van der Waals surface area (Å²) in [5.74, 6) is 0.0317. The van der Waals surface area contributed by atoms with E-state index in [1.807, 2.05) is 54.6 Å². The van der Waals surface area contributed by atoms with Gasteiger partial charge in [-0.3, -0.25) is 4.79 Å². The Balaban J connectivity index is 1.64. The van der Waals surface area contributed by atoms with Gasteiger partial charge in [0.15, 0.2) is 5.17 Å². The molecule has 4 rings (SSSR count). The molecule has 1 unspecified atom stereocenters. The third-order valence-electron chi connectivity index (χ3n) is 6.44. The summed E-state index contributed by atoms with van der Waals surface area (Å²) >= 11 is 1.49.